The monoisotopic (exact) mass is 792 g/mol. The molecule has 6 N–H and O–H groups in total. The Labute approximate surface area is 351 Å². The van der Waals surface area contributed by atoms with Gasteiger partial charge in [-0.3, -0.25) is 0 Å². The van der Waals surface area contributed by atoms with Gasteiger partial charge in [-0.2, -0.15) is 0 Å². The number of rotatable bonds is 6. The quantitative estimate of drug-likeness (QED) is 0.0759. The fourth-order valence-corrected chi connectivity index (χ4v) is 14.4. The number of ether oxygens (including phenoxy) is 2. The summed E-state index contributed by atoms with van der Waals surface area (Å²) in [6.45, 7) is 0. The Bertz CT molecular complexity index is 2740. The zero-order chi connectivity index (χ0) is 40.3. The first kappa shape index (κ1) is 36.1. The molecule has 0 saturated heterocycles. The van der Waals surface area contributed by atoms with E-state index in [2.05, 4.69) is 72.7 Å². The van der Waals surface area contributed by atoms with Gasteiger partial charge in [-0.15, -0.1) is 0 Å². The minimum atomic E-state index is -0.0466. The number of anilines is 2. The number of hydrogen-bond acceptors (Lipinski definition) is 6. The lowest BCUT2D eigenvalue weighted by atomic mass is 9.48. The molecule has 60 heavy (non-hydrogen) atoms. The van der Waals surface area contributed by atoms with E-state index in [1.54, 1.807) is 30.3 Å². The highest BCUT2D eigenvalue weighted by Gasteiger charge is 2.53. The Hall–Kier alpha value is -5.80. The summed E-state index contributed by atoms with van der Waals surface area (Å²) in [5.41, 5.74) is 18.7. The molecule has 8 saturated carbocycles. The maximum absolute atomic E-state index is 10.6. The SMILES string of the molecule is Nc1ccc(OC#Cc2ccc3cc(C45CC6CC(CC(C6)C4)C5)ccc3c2-c2c(Oc3ccc(N)c(O)c3)ccc3cc(C45CC6CC(CC(C6)C4)C5)ccc23)cc1O. The molecule has 0 unspecified atom stereocenters. The minimum absolute atomic E-state index is 0.0187. The number of fused-ring (bicyclic) bond motifs is 2. The van der Waals surface area contributed by atoms with Crippen LogP contribution in [0, 0.1) is 47.5 Å². The average molecular weight is 793 g/mol. The van der Waals surface area contributed by atoms with Gasteiger partial charge in [-0.25, -0.2) is 0 Å². The molecule has 6 aromatic carbocycles. The first-order valence-electron chi connectivity index (χ1n) is 22.3. The van der Waals surface area contributed by atoms with Crippen molar-refractivity contribution in [3.8, 4) is 51.9 Å². The van der Waals surface area contributed by atoms with Gasteiger partial charge < -0.3 is 31.2 Å². The molecular weight excluding hydrogens is 741 g/mol. The predicted octanol–water partition coefficient (Wildman–Crippen LogP) is 12.4. The van der Waals surface area contributed by atoms with Gasteiger partial charge in [0.15, 0.2) is 0 Å². The van der Waals surface area contributed by atoms with Crippen molar-refractivity contribution in [2.45, 2.75) is 87.9 Å². The average Bonchev–Trinajstić information content (AvgIpc) is 3.22. The van der Waals surface area contributed by atoms with Crippen molar-refractivity contribution in [2.75, 3.05) is 11.5 Å². The fourth-order valence-electron chi connectivity index (χ4n) is 14.4. The third-order valence-corrected chi connectivity index (χ3v) is 16.1. The van der Waals surface area contributed by atoms with Crippen molar-refractivity contribution in [1.29, 1.82) is 0 Å². The second kappa shape index (κ2) is 13.4. The van der Waals surface area contributed by atoms with Crippen LogP contribution in [0.5, 0.6) is 28.7 Å². The van der Waals surface area contributed by atoms with Crippen LogP contribution in [-0.4, -0.2) is 10.2 Å². The van der Waals surface area contributed by atoms with Crippen LogP contribution in [-0.2, 0) is 10.8 Å². The van der Waals surface area contributed by atoms with Gasteiger partial charge in [0.25, 0.3) is 0 Å². The summed E-state index contributed by atoms with van der Waals surface area (Å²) < 4.78 is 12.7. The summed E-state index contributed by atoms with van der Waals surface area (Å²) in [6, 6.07) is 32.9. The predicted molar refractivity (Wildman–Crippen MR) is 239 cm³/mol. The van der Waals surface area contributed by atoms with Gasteiger partial charge >= 0.3 is 0 Å². The zero-order valence-corrected chi connectivity index (χ0v) is 34.1. The molecule has 8 fully saturated rings. The molecule has 6 nitrogen and oxygen atoms in total. The molecule has 8 aliphatic rings. The van der Waals surface area contributed by atoms with Crippen LogP contribution in [0.4, 0.5) is 11.4 Å². The van der Waals surface area contributed by atoms with Gasteiger partial charge in [0, 0.05) is 28.8 Å². The minimum Gasteiger partial charge on any atom is -0.506 e. The smallest absolute Gasteiger partial charge is 0.144 e. The van der Waals surface area contributed by atoms with Crippen LogP contribution >= 0.6 is 0 Å². The molecule has 0 spiro atoms. The largest absolute Gasteiger partial charge is 0.506 e. The van der Waals surface area contributed by atoms with Gasteiger partial charge in [0.1, 0.15) is 34.9 Å². The highest BCUT2D eigenvalue weighted by atomic mass is 16.5. The third-order valence-electron chi connectivity index (χ3n) is 16.1. The highest BCUT2D eigenvalue weighted by molar-refractivity contribution is 6.10. The lowest BCUT2D eigenvalue weighted by molar-refractivity contribution is -0.00525. The van der Waals surface area contributed by atoms with E-state index < -0.39 is 0 Å². The summed E-state index contributed by atoms with van der Waals surface area (Å²) in [6.07, 6.45) is 19.3. The van der Waals surface area contributed by atoms with Gasteiger partial charge in [-0.05, 0) is 198 Å². The van der Waals surface area contributed by atoms with E-state index in [-0.39, 0.29) is 28.0 Å². The Morgan fingerprint density at radius 1 is 0.500 bits per heavy atom. The number of phenols is 2. The number of nitrogen functional groups attached to an aromatic ring is 2. The van der Waals surface area contributed by atoms with Gasteiger partial charge in [0.2, 0.25) is 0 Å². The third kappa shape index (κ3) is 5.91. The number of aromatic hydroxyl groups is 2. The maximum atomic E-state index is 10.6. The summed E-state index contributed by atoms with van der Waals surface area (Å²) >= 11 is 0. The summed E-state index contributed by atoms with van der Waals surface area (Å²) in [7, 11) is 0. The Morgan fingerprint density at radius 2 is 0.967 bits per heavy atom. The molecule has 8 aliphatic carbocycles. The molecule has 6 aromatic rings. The van der Waals surface area contributed by atoms with E-state index >= 15 is 0 Å². The molecule has 0 radical (unpaired) electrons. The second-order valence-corrected chi connectivity index (χ2v) is 20.1. The lowest BCUT2D eigenvalue weighted by Crippen LogP contribution is -2.48. The normalized spacial score (nSPS) is 29.5. The van der Waals surface area contributed by atoms with Crippen LogP contribution in [0.25, 0.3) is 32.7 Å². The molecule has 8 bridgehead atoms. The molecule has 0 aromatic heterocycles. The van der Waals surface area contributed by atoms with Crippen LogP contribution in [0.15, 0.2) is 97.1 Å². The van der Waals surface area contributed by atoms with Crippen molar-refractivity contribution in [3.05, 3.63) is 114 Å². The molecule has 302 valence electrons. The van der Waals surface area contributed by atoms with E-state index in [9.17, 15) is 10.2 Å². The van der Waals surface area contributed by atoms with E-state index in [4.69, 9.17) is 20.9 Å². The highest BCUT2D eigenvalue weighted by Crippen LogP contribution is 2.62. The zero-order valence-electron chi connectivity index (χ0n) is 34.1. The summed E-state index contributed by atoms with van der Waals surface area (Å²) in [5, 5.41) is 25.5. The van der Waals surface area contributed by atoms with Gasteiger partial charge in [-0.1, -0.05) is 48.5 Å². The van der Waals surface area contributed by atoms with Crippen LogP contribution in [0.2, 0.25) is 0 Å². The second-order valence-electron chi connectivity index (χ2n) is 20.1. The fraction of sp³-hybridized carbons (Fsp3) is 0.370. The first-order chi connectivity index (χ1) is 29.2. The van der Waals surface area contributed by atoms with Crippen molar-refractivity contribution in [2.24, 2.45) is 35.5 Å². The van der Waals surface area contributed by atoms with E-state index in [0.29, 0.717) is 22.9 Å². The molecular formula is C54H52N2O4. The molecule has 0 aliphatic heterocycles. The number of hydrogen-bond donors (Lipinski definition) is 4. The maximum Gasteiger partial charge on any atom is 0.144 e. The number of nitrogens with two attached hydrogens (primary N) is 2. The Morgan fingerprint density at radius 3 is 1.48 bits per heavy atom. The summed E-state index contributed by atoms with van der Waals surface area (Å²) in [4.78, 5) is 0. The molecule has 0 heterocycles. The lowest BCUT2D eigenvalue weighted by Gasteiger charge is -2.57. The van der Waals surface area contributed by atoms with Gasteiger partial charge in [0.05, 0.1) is 11.4 Å². The molecule has 6 heteroatoms. The van der Waals surface area contributed by atoms with Crippen LogP contribution in [0.3, 0.4) is 0 Å². The Kier molecular flexibility index (Phi) is 8.03. The van der Waals surface area contributed by atoms with Crippen LogP contribution < -0.4 is 20.9 Å². The van der Waals surface area contributed by atoms with E-state index in [1.165, 1.54) is 105 Å². The van der Waals surface area contributed by atoms with Crippen molar-refractivity contribution >= 4 is 32.9 Å². The number of phenolic OH excluding ortho intramolecular Hbond substituents is 2. The van der Waals surface area contributed by atoms with Crippen LogP contribution in [0.1, 0.15) is 93.7 Å². The molecule has 14 rings (SSSR count). The number of benzene rings is 6. The molecule has 0 atom stereocenters. The summed E-state index contributed by atoms with van der Waals surface area (Å²) in [5.74, 6) is 10.0. The van der Waals surface area contributed by atoms with Crippen molar-refractivity contribution < 1.29 is 19.7 Å². The van der Waals surface area contributed by atoms with E-state index in [1.807, 2.05) is 0 Å². The Balaban J connectivity index is 1.05. The molecule has 0 amide bonds. The van der Waals surface area contributed by atoms with Crippen molar-refractivity contribution in [3.63, 3.8) is 0 Å². The standard InChI is InChI=1S/C54H52N2O4/c55-46-10-6-42(23-48(46)57)59-14-13-37-1-2-38-21-40(53-25-31-15-32(26-53)17-33(16-31)27-53)4-8-44(38)51(37)52-45-9-5-41(54-28-34-18-35(29-54)20-36(19-34)30-54)22-39(45)3-12-50(52)60-43-7-11-47(56)49(58)24-43/h1-12,21-24,31-36,57-58H,15-20,25-30,55-56H2. The van der Waals surface area contributed by atoms with Crippen molar-refractivity contribution in [1.82, 2.24) is 0 Å². The van der Waals surface area contributed by atoms with E-state index in [0.717, 1.165) is 63.0 Å². The first-order valence-corrected chi connectivity index (χ1v) is 22.3. The topological polar surface area (TPSA) is 111 Å².